The summed E-state index contributed by atoms with van der Waals surface area (Å²) in [7, 11) is 1.28. The quantitative estimate of drug-likeness (QED) is 0.484. The van der Waals surface area contributed by atoms with Crippen molar-refractivity contribution in [3.8, 4) is 0 Å². The van der Waals surface area contributed by atoms with Crippen molar-refractivity contribution >= 4 is 23.6 Å². The molecule has 1 amide bonds. The van der Waals surface area contributed by atoms with Crippen molar-refractivity contribution in [3.63, 3.8) is 0 Å². The van der Waals surface area contributed by atoms with Gasteiger partial charge in [-0.2, -0.15) is 0 Å². The molecule has 2 heterocycles. The molecule has 0 radical (unpaired) electrons. The molecule has 24 heavy (non-hydrogen) atoms. The molecule has 2 rings (SSSR count). The standard InChI is InChI=1S/C16H23N3O4S/c1-10-4-11(2)8-19(7-10)14(21)9-24-16-17-12(5-13(20)18-16)6-15(22)23-3/h5,10-11H,4,6-9H2,1-3H3,(H,17,18,20)/t10-,11-/m1/s1. The van der Waals surface area contributed by atoms with Gasteiger partial charge in [0.2, 0.25) is 5.91 Å². The van der Waals surface area contributed by atoms with Crippen LogP contribution in [0, 0.1) is 11.8 Å². The Hall–Kier alpha value is -1.83. The minimum absolute atomic E-state index is 0.0411. The van der Waals surface area contributed by atoms with Crippen LogP contribution in [0.5, 0.6) is 0 Å². The van der Waals surface area contributed by atoms with Crippen LogP contribution in [0.4, 0.5) is 0 Å². The van der Waals surface area contributed by atoms with Crippen molar-refractivity contribution in [3.05, 3.63) is 22.1 Å². The average Bonchev–Trinajstić information content (AvgIpc) is 2.51. The van der Waals surface area contributed by atoms with Crippen LogP contribution < -0.4 is 5.56 Å². The molecule has 0 saturated carbocycles. The summed E-state index contributed by atoms with van der Waals surface area (Å²) in [4.78, 5) is 44.0. The number of thioether (sulfide) groups is 1. The molecule has 0 unspecified atom stereocenters. The van der Waals surface area contributed by atoms with Gasteiger partial charge in [0.1, 0.15) is 0 Å². The Morgan fingerprint density at radius 2 is 2.04 bits per heavy atom. The lowest BCUT2D eigenvalue weighted by Gasteiger charge is -2.34. The molecular weight excluding hydrogens is 330 g/mol. The maximum absolute atomic E-state index is 12.4. The summed E-state index contributed by atoms with van der Waals surface area (Å²) < 4.78 is 4.57. The minimum Gasteiger partial charge on any atom is -0.469 e. The number of aromatic amines is 1. The van der Waals surface area contributed by atoms with Crippen molar-refractivity contribution in [2.75, 3.05) is 26.0 Å². The van der Waals surface area contributed by atoms with Gasteiger partial charge in [-0.15, -0.1) is 0 Å². The maximum Gasteiger partial charge on any atom is 0.311 e. The van der Waals surface area contributed by atoms with Gasteiger partial charge in [-0.25, -0.2) is 4.98 Å². The number of piperidine rings is 1. The monoisotopic (exact) mass is 353 g/mol. The largest absolute Gasteiger partial charge is 0.469 e. The van der Waals surface area contributed by atoms with E-state index in [2.05, 4.69) is 28.6 Å². The molecule has 132 valence electrons. The normalized spacial score (nSPS) is 20.7. The number of aromatic nitrogens is 2. The van der Waals surface area contributed by atoms with Crippen LogP contribution in [0.3, 0.4) is 0 Å². The van der Waals surface area contributed by atoms with E-state index < -0.39 is 5.97 Å². The number of carbonyl (C=O) groups excluding carboxylic acids is 2. The zero-order chi connectivity index (χ0) is 17.7. The number of esters is 1. The number of rotatable bonds is 5. The second-order valence-corrected chi connectivity index (χ2v) is 7.29. The summed E-state index contributed by atoms with van der Waals surface area (Å²) in [6, 6.07) is 1.26. The number of nitrogens with zero attached hydrogens (tertiary/aromatic N) is 2. The summed E-state index contributed by atoms with van der Waals surface area (Å²) in [6.07, 6.45) is 1.07. The third-order valence-electron chi connectivity index (χ3n) is 3.88. The van der Waals surface area contributed by atoms with Gasteiger partial charge in [-0.3, -0.25) is 14.4 Å². The van der Waals surface area contributed by atoms with Crippen molar-refractivity contribution < 1.29 is 14.3 Å². The molecule has 1 aromatic heterocycles. The number of ether oxygens (including phenoxy) is 1. The van der Waals surface area contributed by atoms with Crippen LogP contribution in [-0.2, 0) is 20.7 Å². The summed E-state index contributed by atoms with van der Waals surface area (Å²) in [5, 5.41) is 0.341. The number of likely N-dealkylation sites (tertiary alicyclic amines) is 1. The maximum atomic E-state index is 12.4. The van der Waals surface area contributed by atoms with E-state index in [1.807, 2.05) is 4.90 Å². The van der Waals surface area contributed by atoms with E-state index in [1.54, 1.807) is 0 Å². The second-order valence-electron chi connectivity index (χ2n) is 6.33. The smallest absolute Gasteiger partial charge is 0.311 e. The van der Waals surface area contributed by atoms with E-state index in [0.29, 0.717) is 22.7 Å². The minimum atomic E-state index is -0.462. The number of hydrogen-bond acceptors (Lipinski definition) is 6. The van der Waals surface area contributed by atoms with Crippen LogP contribution in [0.25, 0.3) is 0 Å². The van der Waals surface area contributed by atoms with E-state index in [9.17, 15) is 14.4 Å². The van der Waals surface area contributed by atoms with Gasteiger partial charge in [0.25, 0.3) is 5.56 Å². The van der Waals surface area contributed by atoms with E-state index in [4.69, 9.17) is 0 Å². The Bertz CT molecular complexity index is 651. The van der Waals surface area contributed by atoms with Crippen LogP contribution in [0.15, 0.2) is 16.0 Å². The highest BCUT2D eigenvalue weighted by atomic mass is 32.2. The molecule has 2 atom stereocenters. The summed E-state index contributed by atoms with van der Waals surface area (Å²) >= 11 is 1.18. The number of amides is 1. The van der Waals surface area contributed by atoms with Crippen LogP contribution in [0.2, 0.25) is 0 Å². The molecule has 1 aliphatic heterocycles. The second kappa shape index (κ2) is 8.32. The first-order valence-corrected chi connectivity index (χ1v) is 8.93. The van der Waals surface area contributed by atoms with Crippen LogP contribution in [0.1, 0.15) is 26.0 Å². The lowest BCUT2D eigenvalue weighted by molar-refractivity contribution is -0.139. The van der Waals surface area contributed by atoms with E-state index in [-0.39, 0.29) is 23.6 Å². The SMILES string of the molecule is COC(=O)Cc1cc(=O)[nH]c(SCC(=O)N2C[C@H](C)C[C@@H](C)C2)n1. The predicted octanol–water partition coefficient (Wildman–Crippen LogP) is 1.08. The van der Waals surface area contributed by atoms with E-state index in [0.717, 1.165) is 19.5 Å². The van der Waals surface area contributed by atoms with Gasteiger partial charge in [0.05, 0.1) is 25.0 Å². The first-order chi connectivity index (χ1) is 11.4. The Balaban J connectivity index is 1.97. The number of carbonyl (C=O) groups is 2. The van der Waals surface area contributed by atoms with Crippen LogP contribution in [-0.4, -0.2) is 52.7 Å². The highest BCUT2D eigenvalue weighted by Gasteiger charge is 2.25. The van der Waals surface area contributed by atoms with Crippen molar-refractivity contribution in [2.24, 2.45) is 11.8 Å². The fraction of sp³-hybridized carbons (Fsp3) is 0.625. The van der Waals surface area contributed by atoms with Gasteiger partial charge in [-0.05, 0) is 18.3 Å². The fourth-order valence-electron chi connectivity index (χ4n) is 2.95. The van der Waals surface area contributed by atoms with Gasteiger partial charge in [0, 0.05) is 19.2 Å². The lowest BCUT2D eigenvalue weighted by Crippen LogP contribution is -2.43. The Labute approximate surface area is 145 Å². The average molecular weight is 353 g/mol. The van der Waals surface area contributed by atoms with Crippen molar-refractivity contribution in [1.82, 2.24) is 14.9 Å². The van der Waals surface area contributed by atoms with Gasteiger partial charge in [-0.1, -0.05) is 25.6 Å². The molecule has 0 aromatic carbocycles. The molecule has 1 aromatic rings. The molecule has 7 nitrogen and oxygen atoms in total. The van der Waals surface area contributed by atoms with Crippen LogP contribution >= 0.6 is 11.8 Å². The summed E-state index contributed by atoms with van der Waals surface area (Å²) in [5.74, 6) is 0.799. The molecular formula is C16H23N3O4S. The zero-order valence-corrected chi connectivity index (χ0v) is 15.0. The molecule has 0 bridgehead atoms. The summed E-state index contributed by atoms with van der Waals surface area (Å²) in [6.45, 7) is 5.85. The molecule has 0 spiro atoms. The summed E-state index contributed by atoms with van der Waals surface area (Å²) in [5.41, 5.74) is -0.0140. The first kappa shape index (κ1) is 18.5. The molecule has 0 aliphatic carbocycles. The predicted molar refractivity (Wildman–Crippen MR) is 90.8 cm³/mol. The zero-order valence-electron chi connectivity index (χ0n) is 14.2. The number of methoxy groups -OCH3 is 1. The molecule has 1 N–H and O–H groups in total. The Kier molecular flexibility index (Phi) is 6.42. The number of nitrogens with one attached hydrogen (secondary N) is 1. The fourth-order valence-corrected chi connectivity index (χ4v) is 3.75. The molecule has 1 aliphatic rings. The topological polar surface area (TPSA) is 92.4 Å². The van der Waals surface area contributed by atoms with Crippen molar-refractivity contribution in [1.29, 1.82) is 0 Å². The molecule has 8 heteroatoms. The highest BCUT2D eigenvalue weighted by Crippen LogP contribution is 2.22. The highest BCUT2D eigenvalue weighted by molar-refractivity contribution is 7.99. The van der Waals surface area contributed by atoms with E-state index >= 15 is 0 Å². The molecule has 1 saturated heterocycles. The Morgan fingerprint density at radius 1 is 1.38 bits per heavy atom. The third kappa shape index (κ3) is 5.36. The third-order valence-corrected chi connectivity index (χ3v) is 4.74. The van der Waals surface area contributed by atoms with Crippen molar-refractivity contribution in [2.45, 2.75) is 31.8 Å². The number of hydrogen-bond donors (Lipinski definition) is 1. The first-order valence-electron chi connectivity index (χ1n) is 7.95. The lowest BCUT2D eigenvalue weighted by atomic mass is 9.92. The Morgan fingerprint density at radius 3 is 2.67 bits per heavy atom. The molecule has 1 fully saturated rings. The van der Waals surface area contributed by atoms with Gasteiger partial charge in [0.15, 0.2) is 5.16 Å². The van der Waals surface area contributed by atoms with E-state index in [1.165, 1.54) is 24.9 Å². The van der Waals surface area contributed by atoms with Gasteiger partial charge < -0.3 is 14.6 Å². The number of H-pyrrole nitrogens is 1. The van der Waals surface area contributed by atoms with Gasteiger partial charge >= 0.3 is 5.97 Å².